The van der Waals surface area contributed by atoms with E-state index in [0.717, 1.165) is 24.2 Å². The smallest absolute Gasteiger partial charge is 0.136 e. The summed E-state index contributed by atoms with van der Waals surface area (Å²) in [5, 5.41) is 9.66. The molecule has 4 aliphatic carbocycles. The number of aliphatic hydroxyl groups excluding tert-OH is 1. The summed E-state index contributed by atoms with van der Waals surface area (Å²) < 4.78 is 0. The summed E-state index contributed by atoms with van der Waals surface area (Å²) in [6.07, 6.45) is 10.1. The summed E-state index contributed by atoms with van der Waals surface area (Å²) in [4.78, 5) is 12.8. The van der Waals surface area contributed by atoms with Gasteiger partial charge in [-0.15, -0.1) is 0 Å². The van der Waals surface area contributed by atoms with Crippen molar-refractivity contribution in [2.24, 2.45) is 52.3 Å². The Morgan fingerprint density at radius 3 is 2.56 bits per heavy atom. The maximum Gasteiger partial charge on any atom is 0.136 e. The zero-order valence-corrected chi connectivity index (χ0v) is 16.8. The molecule has 2 nitrogen and oxygen atoms in total. The average molecular weight is 347 g/mol. The second-order valence-electron chi connectivity index (χ2n) is 10.7. The molecule has 4 aliphatic rings. The van der Waals surface area contributed by atoms with Gasteiger partial charge in [0, 0.05) is 12.0 Å². The predicted molar refractivity (Wildman–Crippen MR) is 101 cm³/mol. The fourth-order valence-electron chi connectivity index (χ4n) is 8.82. The molecule has 0 aliphatic heterocycles. The maximum atomic E-state index is 12.8. The van der Waals surface area contributed by atoms with E-state index in [1.165, 1.54) is 44.9 Å². The van der Waals surface area contributed by atoms with Crippen LogP contribution in [0, 0.1) is 52.3 Å². The van der Waals surface area contributed by atoms with Crippen LogP contribution in [0.25, 0.3) is 0 Å². The van der Waals surface area contributed by atoms with Crippen molar-refractivity contribution in [3.8, 4) is 0 Å². The highest BCUT2D eigenvalue weighted by Crippen LogP contribution is 2.69. The van der Waals surface area contributed by atoms with E-state index in [1.54, 1.807) is 0 Å². The fourth-order valence-corrected chi connectivity index (χ4v) is 8.82. The molecule has 0 radical (unpaired) electrons. The molecular formula is C23H38O2. The third kappa shape index (κ3) is 2.35. The average Bonchev–Trinajstić information content (AvgIpc) is 2.91. The molecule has 0 heterocycles. The number of carbonyl (C=O) groups is 1. The highest BCUT2D eigenvalue weighted by molar-refractivity contribution is 5.83. The van der Waals surface area contributed by atoms with Gasteiger partial charge in [0.05, 0.1) is 0 Å². The molecule has 0 aromatic carbocycles. The van der Waals surface area contributed by atoms with Gasteiger partial charge in [0.25, 0.3) is 0 Å². The Labute approximate surface area is 154 Å². The van der Waals surface area contributed by atoms with Crippen molar-refractivity contribution in [1.82, 2.24) is 0 Å². The van der Waals surface area contributed by atoms with E-state index in [4.69, 9.17) is 0 Å². The quantitative estimate of drug-likeness (QED) is 0.756. The Morgan fingerprint density at radius 1 is 1.12 bits per heavy atom. The molecule has 0 amide bonds. The van der Waals surface area contributed by atoms with E-state index < -0.39 is 0 Å². The summed E-state index contributed by atoms with van der Waals surface area (Å²) in [6, 6.07) is 0. The SMILES string of the molecule is CC(=O)[C@]12C[C@H](C)[C@H]3[C@@H](CC[C@H]4C[C@H](CO)CC[C@@]43C)[C@@H]1CC[C@@H]2C. The third-order valence-electron chi connectivity index (χ3n) is 9.87. The Morgan fingerprint density at radius 2 is 1.88 bits per heavy atom. The molecule has 25 heavy (non-hydrogen) atoms. The zero-order chi connectivity index (χ0) is 18.0. The van der Waals surface area contributed by atoms with Crippen molar-refractivity contribution in [2.75, 3.05) is 6.61 Å². The summed E-state index contributed by atoms with van der Waals surface area (Å²) in [5.41, 5.74) is 0.439. The van der Waals surface area contributed by atoms with E-state index in [1.807, 2.05) is 6.92 Å². The Kier molecular flexibility index (Phi) is 4.38. The van der Waals surface area contributed by atoms with Crippen LogP contribution in [0.5, 0.6) is 0 Å². The third-order valence-corrected chi connectivity index (χ3v) is 9.87. The molecule has 4 saturated carbocycles. The van der Waals surface area contributed by atoms with Gasteiger partial charge in [0.2, 0.25) is 0 Å². The lowest BCUT2D eigenvalue weighted by Crippen LogP contribution is -2.58. The Bertz CT molecular complexity index is 542. The van der Waals surface area contributed by atoms with Gasteiger partial charge in [-0.05, 0) is 105 Å². The lowest BCUT2D eigenvalue weighted by atomic mass is 9.41. The van der Waals surface area contributed by atoms with Crippen molar-refractivity contribution in [3.63, 3.8) is 0 Å². The van der Waals surface area contributed by atoms with Gasteiger partial charge < -0.3 is 5.11 Å². The zero-order valence-electron chi connectivity index (χ0n) is 16.8. The van der Waals surface area contributed by atoms with E-state index in [2.05, 4.69) is 20.8 Å². The minimum Gasteiger partial charge on any atom is -0.396 e. The van der Waals surface area contributed by atoms with Crippen molar-refractivity contribution in [2.45, 2.75) is 79.1 Å². The van der Waals surface area contributed by atoms with Gasteiger partial charge in [-0.3, -0.25) is 4.79 Å². The van der Waals surface area contributed by atoms with E-state index in [9.17, 15) is 9.90 Å². The standard InChI is InChI=1S/C23H38O2/c1-14-12-23(16(3)25)15(2)5-8-20(23)19-7-6-18-11-17(13-24)9-10-22(18,4)21(14)19/h14-15,17-21,24H,5-13H2,1-4H3/t14-,15-,17+,18-,19-,20-,21-,22-,23+/m0/s1. The van der Waals surface area contributed by atoms with Crippen molar-refractivity contribution in [3.05, 3.63) is 0 Å². The van der Waals surface area contributed by atoms with E-state index in [-0.39, 0.29) is 5.41 Å². The number of rotatable bonds is 2. The van der Waals surface area contributed by atoms with E-state index in [0.29, 0.717) is 41.5 Å². The number of hydrogen-bond acceptors (Lipinski definition) is 2. The first-order valence-electron chi connectivity index (χ1n) is 11.0. The van der Waals surface area contributed by atoms with Crippen LogP contribution in [0.1, 0.15) is 79.1 Å². The van der Waals surface area contributed by atoms with Crippen LogP contribution in [-0.4, -0.2) is 17.5 Å². The molecule has 0 unspecified atom stereocenters. The number of ketones is 1. The molecule has 0 aromatic rings. The molecule has 142 valence electrons. The van der Waals surface area contributed by atoms with E-state index >= 15 is 0 Å². The minimum atomic E-state index is -0.00786. The summed E-state index contributed by atoms with van der Waals surface area (Å²) in [5.74, 6) is 5.29. The fraction of sp³-hybridized carbons (Fsp3) is 0.957. The van der Waals surface area contributed by atoms with Crippen LogP contribution >= 0.6 is 0 Å². The molecule has 0 bridgehead atoms. The summed E-state index contributed by atoms with van der Waals surface area (Å²) in [6.45, 7) is 9.67. The molecule has 4 rings (SSSR count). The number of Topliss-reactive ketones (excluding diaryl/α,β-unsaturated/α-hetero) is 1. The molecule has 1 N–H and O–H groups in total. The van der Waals surface area contributed by atoms with Crippen molar-refractivity contribution >= 4 is 5.78 Å². The molecule has 0 saturated heterocycles. The topological polar surface area (TPSA) is 37.3 Å². The first kappa shape index (κ1) is 18.0. The van der Waals surface area contributed by atoms with Crippen LogP contribution < -0.4 is 0 Å². The molecular weight excluding hydrogens is 308 g/mol. The van der Waals surface area contributed by atoms with Crippen LogP contribution in [0.2, 0.25) is 0 Å². The van der Waals surface area contributed by atoms with Crippen LogP contribution in [-0.2, 0) is 4.79 Å². The Hall–Kier alpha value is -0.370. The normalized spacial score (nSPS) is 55.2. The van der Waals surface area contributed by atoms with Gasteiger partial charge in [-0.25, -0.2) is 0 Å². The van der Waals surface area contributed by atoms with Gasteiger partial charge in [-0.2, -0.15) is 0 Å². The van der Waals surface area contributed by atoms with Crippen molar-refractivity contribution in [1.29, 1.82) is 0 Å². The highest BCUT2D eigenvalue weighted by atomic mass is 16.3. The maximum absolute atomic E-state index is 12.8. The number of carbonyl (C=O) groups excluding carboxylic acids is 1. The molecule has 2 heteroatoms. The molecule has 0 spiro atoms. The number of hydrogen-bond donors (Lipinski definition) is 1. The number of fused-ring (bicyclic) bond motifs is 5. The van der Waals surface area contributed by atoms with Gasteiger partial charge in [-0.1, -0.05) is 20.8 Å². The monoisotopic (exact) mass is 346 g/mol. The predicted octanol–water partition coefficient (Wildman–Crippen LogP) is 5.09. The number of aliphatic hydroxyl groups is 1. The molecule has 9 atom stereocenters. The molecule has 4 fully saturated rings. The lowest BCUT2D eigenvalue weighted by Gasteiger charge is -2.63. The minimum absolute atomic E-state index is 0.00786. The summed E-state index contributed by atoms with van der Waals surface area (Å²) in [7, 11) is 0. The lowest BCUT2D eigenvalue weighted by molar-refractivity contribution is -0.163. The van der Waals surface area contributed by atoms with Gasteiger partial charge in [0.1, 0.15) is 5.78 Å². The largest absolute Gasteiger partial charge is 0.396 e. The van der Waals surface area contributed by atoms with Gasteiger partial charge >= 0.3 is 0 Å². The molecule has 0 aromatic heterocycles. The van der Waals surface area contributed by atoms with Crippen LogP contribution in [0.15, 0.2) is 0 Å². The second-order valence-corrected chi connectivity index (χ2v) is 10.7. The first-order valence-corrected chi connectivity index (χ1v) is 11.0. The van der Waals surface area contributed by atoms with Crippen LogP contribution in [0.4, 0.5) is 0 Å². The second kappa shape index (κ2) is 6.08. The van der Waals surface area contributed by atoms with Crippen LogP contribution in [0.3, 0.4) is 0 Å². The van der Waals surface area contributed by atoms with Crippen molar-refractivity contribution < 1.29 is 9.90 Å². The van der Waals surface area contributed by atoms with Gasteiger partial charge in [0.15, 0.2) is 0 Å². The highest BCUT2D eigenvalue weighted by Gasteiger charge is 2.64. The first-order chi connectivity index (χ1) is 11.8. The summed E-state index contributed by atoms with van der Waals surface area (Å²) >= 11 is 0. The Balaban J connectivity index is 1.68.